The molecule has 0 radical (unpaired) electrons. The molecule has 0 aliphatic carbocycles. The summed E-state index contributed by atoms with van der Waals surface area (Å²) in [6, 6.07) is 17.9. The summed E-state index contributed by atoms with van der Waals surface area (Å²) < 4.78 is 13.3. The number of nitrogens with one attached hydrogen (secondary N) is 2. The number of aromatic nitrogens is 5. The number of nitrogens with zero attached hydrogens (tertiary/aromatic N) is 3. The summed E-state index contributed by atoms with van der Waals surface area (Å²) in [6.45, 7) is 2.44. The van der Waals surface area contributed by atoms with Gasteiger partial charge in [-0.1, -0.05) is 54.9 Å². The van der Waals surface area contributed by atoms with Gasteiger partial charge in [0.15, 0.2) is 5.65 Å². The summed E-state index contributed by atoms with van der Waals surface area (Å²) in [5.41, 5.74) is 5.37. The van der Waals surface area contributed by atoms with Crippen molar-refractivity contribution in [1.82, 2.24) is 24.5 Å². The maximum atomic E-state index is 11.8. The lowest BCUT2D eigenvalue weighted by Gasteiger charge is -2.32. The largest absolute Gasteiger partial charge is 0.459 e. The van der Waals surface area contributed by atoms with E-state index < -0.39 is 0 Å². The third-order valence-electron chi connectivity index (χ3n) is 6.92. The molecule has 6 rings (SSSR count). The second-order valence-corrected chi connectivity index (χ2v) is 9.91. The summed E-state index contributed by atoms with van der Waals surface area (Å²) >= 11 is 6.60. The van der Waals surface area contributed by atoms with Crippen molar-refractivity contribution in [3.8, 4) is 34.1 Å². The molecule has 0 unspecified atom stereocenters. The lowest BCUT2D eigenvalue weighted by Crippen LogP contribution is -2.40. The zero-order chi connectivity index (χ0) is 26.2. The SMILES string of the molecule is C[C@H]1C[C@@H](Oc2nc3nc(-c4ccc(-c5ccc(-n6cc[nH]c6=O)cc5)cc4)c(Cl)cc3[nH]2)CO[C@@H]1CO. The molecule has 38 heavy (non-hydrogen) atoms. The Hall–Kier alpha value is -3.92. The molecular formula is C28H26ClN5O4. The Morgan fingerprint density at radius 3 is 2.47 bits per heavy atom. The molecule has 1 aliphatic rings. The first kappa shape index (κ1) is 24.4. The number of fused-ring (bicyclic) bond motifs is 1. The fourth-order valence-corrected chi connectivity index (χ4v) is 5.08. The summed E-state index contributed by atoms with van der Waals surface area (Å²) in [4.78, 5) is 26.8. The van der Waals surface area contributed by atoms with Gasteiger partial charge in [-0.15, -0.1) is 0 Å². The Balaban J connectivity index is 1.20. The number of aliphatic hydroxyl groups excluding tert-OH is 1. The lowest BCUT2D eigenvalue weighted by atomic mass is 9.95. The number of rotatable bonds is 6. The molecule has 3 atom stereocenters. The van der Waals surface area contributed by atoms with E-state index in [0.29, 0.717) is 34.5 Å². The van der Waals surface area contributed by atoms with Crippen molar-refractivity contribution in [2.45, 2.75) is 25.6 Å². The average molecular weight is 532 g/mol. The number of halogens is 1. The topological polar surface area (TPSA) is 118 Å². The summed E-state index contributed by atoms with van der Waals surface area (Å²) in [5.74, 6) is 0.187. The number of pyridine rings is 1. The Bertz CT molecular complexity index is 1620. The Morgan fingerprint density at radius 1 is 1.11 bits per heavy atom. The van der Waals surface area contributed by atoms with Gasteiger partial charge in [0.05, 0.1) is 41.2 Å². The van der Waals surface area contributed by atoms with Crippen LogP contribution in [0.1, 0.15) is 13.3 Å². The molecule has 1 saturated heterocycles. The van der Waals surface area contributed by atoms with Crippen molar-refractivity contribution in [2.24, 2.45) is 5.92 Å². The third-order valence-corrected chi connectivity index (χ3v) is 7.20. The third kappa shape index (κ3) is 4.71. The predicted molar refractivity (Wildman–Crippen MR) is 145 cm³/mol. The van der Waals surface area contributed by atoms with Crippen molar-refractivity contribution in [1.29, 1.82) is 0 Å². The molecule has 5 aromatic rings. The normalized spacial score (nSPS) is 19.6. The van der Waals surface area contributed by atoms with E-state index in [1.807, 2.05) is 55.5 Å². The minimum Gasteiger partial charge on any atom is -0.459 e. The van der Waals surface area contributed by atoms with Crippen LogP contribution in [-0.4, -0.2) is 55.0 Å². The number of H-pyrrole nitrogens is 2. The highest BCUT2D eigenvalue weighted by atomic mass is 35.5. The number of hydrogen-bond acceptors (Lipinski definition) is 6. The van der Waals surface area contributed by atoms with Gasteiger partial charge in [-0.05, 0) is 41.7 Å². The molecule has 0 amide bonds. The fourth-order valence-electron chi connectivity index (χ4n) is 4.81. The van der Waals surface area contributed by atoms with Crippen LogP contribution in [-0.2, 0) is 4.74 Å². The van der Waals surface area contributed by atoms with Crippen molar-refractivity contribution in [2.75, 3.05) is 13.2 Å². The van der Waals surface area contributed by atoms with E-state index in [9.17, 15) is 9.90 Å². The molecule has 0 spiro atoms. The number of aromatic amines is 2. The number of benzene rings is 2. The Labute approximate surface area is 223 Å². The van der Waals surface area contributed by atoms with E-state index >= 15 is 0 Å². The maximum absolute atomic E-state index is 11.8. The molecule has 3 aromatic heterocycles. The molecule has 9 nitrogen and oxygen atoms in total. The molecule has 2 aromatic carbocycles. The van der Waals surface area contributed by atoms with Crippen LogP contribution < -0.4 is 10.4 Å². The molecule has 0 bridgehead atoms. The van der Waals surface area contributed by atoms with Gasteiger partial charge in [0.2, 0.25) is 0 Å². The van der Waals surface area contributed by atoms with Gasteiger partial charge in [0.25, 0.3) is 6.01 Å². The molecule has 10 heteroatoms. The minimum absolute atomic E-state index is 0.00756. The zero-order valence-corrected chi connectivity index (χ0v) is 21.4. The van der Waals surface area contributed by atoms with Crippen LogP contribution in [0.15, 0.2) is 71.8 Å². The molecule has 1 fully saturated rings. The highest BCUT2D eigenvalue weighted by molar-refractivity contribution is 6.33. The Morgan fingerprint density at radius 2 is 1.82 bits per heavy atom. The average Bonchev–Trinajstić information content (AvgIpc) is 3.53. The number of imidazole rings is 2. The molecule has 3 N–H and O–H groups in total. The maximum Gasteiger partial charge on any atom is 0.330 e. The minimum atomic E-state index is -0.173. The molecule has 194 valence electrons. The van der Waals surface area contributed by atoms with E-state index in [1.54, 1.807) is 23.0 Å². The quantitative estimate of drug-likeness (QED) is 0.295. The van der Waals surface area contributed by atoms with Gasteiger partial charge in [-0.2, -0.15) is 4.98 Å². The van der Waals surface area contributed by atoms with Crippen LogP contribution in [0.3, 0.4) is 0 Å². The second-order valence-electron chi connectivity index (χ2n) is 9.50. The highest BCUT2D eigenvalue weighted by Crippen LogP contribution is 2.32. The Kier molecular flexibility index (Phi) is 6.49. The highest BCUT2D eigenvalue weighted by Gasteiger charge is 2.29. The van der Waals surface area contributed by atoms with Gasteiger partial charge in [0.1, 0.15) is 6.10 Å². The number of aliphatic hydroxyl groups is 1. The van der Waals surface area contributed by atoms with E-state index in [1.165, 1.54) is 0 Å². The fraction of sp³-hybridized carbons (Fsp3) is 0.250. The summed E-state index contributed by atoms with van der Waals surface area (Å²) in [6.07, 6.45) is 3.76. The van der Waals surface area contributed by atoms with Crippen LogP contribution >= 0.6 is 11.6 Å². The molecule has 0 saturated carbocycles. The standard InChI is InChI=1S/C28H26ClN5O4/c1-16-12-21(15-37-24(16)14-35)38-27-31-23-13-22(29)25(32-26(23)33-27)19-4-2-17(3-5-19)18-6-8-20(9-7-18)34-11-10-30-28(34)36/h2-11,13,16,21,24,35H,12,14-15H2,1H3,(H,30,36)(H,31,32,33)/t16-,21+,24+/m0/s1. The molecular weight excluding hydrogens is 506 g/mol. The van der Waals surface area contributed by atoms with Gasteiger partial charge in [-0.25, -0.2) is 9.78 Å². The monoisotopic (exact) mass is 531 g/mol. The first-order valence-electron chi connectivity index (χ1n) is 12.4. The number of hydrogen-bond donors (Lipinski definition) is 3. The zero-order valence-electron chi connectivity index (χ0n) is 20.6. The summed E-state index contributed by atoms with van der Waals surface area (Å²) in [5, 5.41) is 9.89. The van der Waals surface area contributed by atoms with Gasteiger partial charge in [-0.3, -0.25) is 4.57 Å². The van der Waals surface area contributed by atoms with Crippen LogP contribution in [0.25, 0.3) is 39.2 Å². The lowest BCUT2D eigenvalue weighted by molar-refractivity contribution is -0.0958. The van der Waals surface area contributed by atoms with Gasteiger partial charge >= 0.3 is 5.69 Å². The first-order valence-corrected chi connectivity index (χ1v) is 12.8. The summed E-state index contributed by atoms with van der Waals surface area (Å²) in [7, 11) is 0. The molecule has 4 heterocycles. The van der Waals surface area contributed by atoms with Crippen molar-refractivity contribution in [3.63, 3.8) is 0 Å². The van der Waals surface area contributed by atoms with Crippen LogP contribution in [0.2, 0.25) is 5.02 Å². The predicted octanol–water partition coefficient (Wildman–Crippen LogP) is 4.59. The van der Waals surface area contributed by atoms with Crippen LogP contribution in [0, 0.1) is 5.92 Å². The van der Waals surface area contributed by atoms with Gasteiger partial charge < -0.3 is 24.5 Å². The van der Waals surface area contributed by atoms with Crippen molar-refractivity contribution in [3.05, 3.63) is 82.5 Å². The van der Waals surface area contributed by atoms with E-state index in [2.05, 4.69) is 15.0 Å². The number of ether oxygens (including phenoxy) is 2. The van der Waals surface area contributed by atoms with Crippen LogP contribution in [0.5, 0.6) is 6.01 Å². The van der Waals surface area contributed by atoms with Crippen LogP contribution in [0.4, 0.5) is 0 Å². The second kappa shape index (κ2) is 10.1. The van der Waals surface area contributed by atoms with E-state index in [0.717, 1.165) is 28.8 Å². The first-order chi connectivity index (χ1) is 18.5. The van der Waals surface area contributed by atoms with E-state index in [-0.39, 0.29) is 30.4 Å². The van der Waals surface area contributed by atoms with Crippen molar-refractivity contribution >= 4 is 22.8 Å². The van der Waals surface area contributed by atoms with Crippen molar-refractivity contribution < 1.29 is 14.6 Å². The molecule has 1 aliphatic heterocycles. The van der Waals surface area contributed by atoms with E-state index in [4.69, 9.17) is 26.1 Å². The smallest absolute Gasteiger partial charge is 0.330 e. The van der Waals surface area contributed by atoms with Gasteiger partial charge in [0, 0.05) is 18.0 Å².